The number of aryl methyl sites for hydroxylation is 2. The van der Waals surface area contributed by atoms with E-state index in [1.165, 1.54) is 24.2 Å². The zero-order valence-electron chi connectivity index (χ0n) is 16.4. The van der Waals surface area contributed by atoms with Crippen LogP contribution in [-0.2, 0) is 17.7 Å². The van der Waals surface area contributed by atoms with E-state index in [1.54, 1.807) is 17.8 Å². The quantitative estimate of drug-likeness (QED) is 0.419. The second-order valence-electron chi connectivity index (χ2n) is 6.41. The van der Waals surface area contributed by atoms with Gasteiger partial charge in [0.25, 0.3) is 5.95 Å². The molecular weight excluding hydrogens is 408 g/mol. The third-order valence-corrected chi connectivity index (χ3v) is 4.67. The number of carbonyl (C=O) groups excluding carboxylic acids is 1. The molecule has 0 amide bonds. The molecule has 3 heterocycles. The minimum Gasteiger partial charge on any atom is -0.479 e. The van der Waals surface area contributed by atoms with Crippen molar-refractivity contribution in [3.63, 3.8) is 0 Å². The molecule has 0 aliphatic rings. The molecule has 0 radical (unpaired) electrons. The molecule has 30 heavy (non-hydrogen) atoms. The SMILES string of the molecule is CCOC(=O)c1cnn(-c2nc(OC)c3c(cnn3CCc3cccc(Cl)c3)n2)c1. The number of benzene rings is 1. The van der Waals surface area contributed by atoms with Crippen molar-refractivity contribution in [3.8, 4) is 11.8 Å². The molecule has 0 unspecified atom stereocenters. The first-order valence-electron chi connectivity index (χ1n) is 9.33. The highest BCUT2D eigenvalue weighted by Gasteiger charge is 2.17. The molecule has 0 saturated heterocycles. The van der Waals surface area contributed by atoms with Crippen LogP contribution in [0.4, 0.5) is 0 Å². The molecule has 0 aliphatic carbocycles. The largest absolute Gasteiger partial charge is 0.479 e. The van der Waals surface area contributed by atoms with Gasteiger partial charge in [-0.1, -0.05) is 23.7 Å². The lowest BCUT2D eigenvalue weighted by Crippen LogP contribution is -2.08. The minimum absolute atomic E-state index is 0.268. The Morgan fingerprint density at radius 2 is 2.07 bits per heavy atom. The second kappa shape index (κ2) is 8.50. The molecule has 4 rings (SSSR count). The van der Waals surface area contributed by atoms with Crippen molar-refractivity contribution in [2.24, 2.45) is 0 Å². The van der Waals surface area contributed by atoms with Crippen LogP contribution in [0.2, 0.25) is 5.02 Å². The summed E-state index contributed by atoms with van der Waals surface area (Å²) < 4.78 is 13.7. The maximum absolute atomic E-state index is 11.9. The number of rotatable bonds is 7. The number of aromatic nitrogens is 6. The first-order valence-corrected chi connectivity index (χ1v) is 9.71. The Labute approximate surface area is 177 Å². The average Bonchev–Trinajstić information content (AvgIpc) is 3.39. The van der Waals surface area contributed by atoms with Crippen molar-refractivity contribution in [3.05, 3.63) is 59.0 Å². The van der Waals surface area contributed by atoms with Crippen molar-refractivity contribution in [2.75, 3.05) is 13.7 Å². The maximum Gasteiger partial charge on any atom is 0.341 e. The predicted molar refractivity (Wildman–Crippen MR) is 110 cm³/mol. The van der Waals surface area contributed by atoms with Crippen LogP contribution in [0.25, 0.3) is 17.0 Å². The van der Waals surface area contributed by atoms with Gasteiger partial charge >= 0.3 is 5.97 Å². The van der Waals surface area contributed by atoms with E-state index in [9.17, 15) is 4.79 Å². The Morgan fingerprint density at radius 3 is 2.83 bits per heavy atom. The summed E-state index contributed by atoms with van der Waals surface area (Å²) >= 11 is 6.06. The lowest BCUT2D eigenvalue weighted by atomic mass is 10.1. The Bertz CT molecular complexity index is 1200. The Kier molecular flexibility index (Phi) is 5.62. The third-order valence-electron chi connectivity index (χ3n) is 4.44. The topological polar surface area (TPSA) is 97.0 Å². The van der Waals surface area contributed by atoms with Gasteiger partial charge in [0.15, 0.2) is 0 Å². The maximum atomic E-state index is 11.9. The van der Waals surface area contributed by atoms with E-state index in [4.69, 9.17) is 21.1 Å². The zero-order chi connectivity index (χ0) is 21.1. The number of halogens is 1. The summed E-state index contributed by atoms with van der Waals surface area (Å²) in [5.41, 5.74) is 2.71. The van der Waals surface area contributed by atoms with Gasteiger partial charge in [-0.2, -0.15) is 15.2 Å². The van der Waals surface area contributed by atoms with Gasteiger partial charge in [0.1, 0.15) is 11.0 Å². The highest BCUT2D eigenvalue weighted by molar-refractivity contribution is 6.30. The number of ether oxygens (including phenoxy) is 2. The van der Waals surface area contributed by atoms with Gasteiger partial charge < -0.3 is 9.47 Å². The summed E-state index contributed by atoms with van der Waals surface area (Å²) in [5.74, 6) is 0.182. The molecule has 0 aliphatic heterocycles. The number of carbonyl (C=O) groups is 1. The van der Waals surface area contributed by atoms with Gasteiger partial charge in [0.2, 0.25) is 5.88 Å². The smallest absolute Gasteiger partial charge is 0.341 e. The van der Waals surface area contributed by atoms with Crippen molar-refractivity contribution in [1.82, 2.24) is 29.5 Å². The van der Waals surface area contributed by atoms with E-state index < -0.39 is 5.97 Å². The molecule has 3 aromatic heterocycles. The summed E-state index contributed by atoms with van der Waals surface area (Å²) in [6, 6.07) is 7.71. The fourth-order valence-electron chi connectivity index (χ4n) is 3.05. The van der Waals surface area contributed by atoms with Crippen LogP contribution in [0, 0.1) is 0 Å². The van der Waals surface area contributed by atoms with Crippen LogP contribution in [0.5, 0.6) is 5.88 Å². The minimum atomic E-state index is -0.453. The third kappa shape index (κ3) is 3.97. The first-order chi connectivity index (χ1) is 14.6. The Balaban J connectivity index is 1.63. The van der Waals surface area contributed by atoms with Gasteiger partial charge in [-0.25, -0.2) is 14.5 Å². The predicted octanol–water partition coefficient (Wildman–Crippen LogP) is 3.09. The van der Waals surface area contributed by atoms with E-state index in [0.29, 0.717) is 34.0 Å². The van der Waals surface area contributed by atoms with Crippen LogP contribution in [0.15, 0.2) is 42.9 Å². The molecular formula is C20H19ClN6O3. The van der Waals surface area contributed by atoms with E-state index >= 15 is 0 Å². The lowest BCUT2D eigenvalue weighted by molar-refractivity contribution is 0.0526. The molecule has 0 fully saturated rings. The number of nitrogens with zero attached hydrogens (tertiary/aromatic N) is 6. The molecule has 0 bridgehead atoms. The summed E-state index contributed by atoms with van der Waals surface area (Å²) in [7, 11) is 1.53. The summed E-state index contributed by atoms with van der Waals surface area (Å²) in [5, 5.41) is 9.29. The van der Waals surface area contributed by atoms with Crippen LogP contribution in [0.3, 0.4) is 0 Å². The molecule has 0 saturated carbocycles. The van der Waals surface area contributed by atoms with E-state index in [1.807, 2.05) is 24.3 Å². The van der Waals surface area contributed by atoms with E-state index in [0.717, 1.165) is 12.0 Å². The number of fused-ring (bicyclic) bond motifs is 1. The number of methoxy groups -OCH3 is 1. The Hall–Kier alpha value is -3.46. The number of hydrogen-bond acceptors (Lipinski definition) is 7. The number of esters is 1. The monoisotopic (exact) mass is 426 g/mol. The van der Waals surface area contributed by atoms with Gasteiger partial charge in [-0.15, -0.1) is 0 Å². The summed E-state index contributed by atoms with van der Waals surface area (Å²) in [4.78, 5) is 20.8. The van der Waals surface area contributed by atoms with Crippen molar-refractivity contribution >= 4 is 28.6 Å². The standard InChI is InChI=1S/C20H19ClN6O3/c1-3-30-19(28)14-10-22-27(12-14)20-24-16-11-23-26(17(16)18(25-20)29-2)8-7-13-5-4-6-15(21)9-13/h4-6,9-12H,3,7-8H2,1-2H3. The molecule has 1 aromatic carbocycles. The first kappa shape index (κ1) is 19.8. The van der Waals surface area contributed by atoms with Crippen LogP contribution in [-0.4, -0.2) is 49.2 Å². The van der Waals surface area contributed by atoms with Crippen LogP contribution < -0.4 is 4.74 Å². The van der Waals surface area contributed by atoms with Crippen molar-refractivity contribution in [1.29, 1.82) is 0 Å². The highest BCUT2D eigenvalue weighted by Crippen LogP contribution is 2.24. The highest BCUT2D eigenvalue weighted by atomic mass is 35.5. The van der Waals surface area contributed by atoms with Crippen molar-refractivity contribution in [2.45, 2.75) is 19.9 Å². The van der Waals surface area contributed by atoms with Crippen LogP contribution in [0.1, 0.15) is 22.8 Å². The second-order valence-corrected chi connectivity index (χ2v) is 6.84. The lowest BCUT2D eigenvalue weighted by Gasteiger charge is -2.08. The fourth-order valence-corrected chi connectivity index (χ4v) is 3.26. The zero-order valence-corrected chi connectivity index (χ0v) is 17.2. The molecule has 4 aromatic rings. The summed E-state index contributed by atoms with van der Waals surface area (Å²) in [6.45, 7) is 2.64. The van der Waals surface area contributed by atoms with E-state index in [-0.39, 0.29) is 12.6 Å². The van der Waals surface area contributed by atoms with Gasteiger partial charge in [0, 0.05) is 17.8 Å². The van der Waals surface area contributed by atoms with Crippen LogP contribution >= 0.6 is 11.6 Å². The normalized spacial score (nSPS) is 11.0. The van der Waals surface area contributed by atoms with Crippen molar-refractivity contribution < 1.29 is 14.3 Å². The van der Waals surface area contributed by atoms with Gasteiger partial charge in [-0.05, 0) is 31.0 Å². The van der Waals surface area contributed by atoms with E-state index in [2.05, 4.69) is 20.2 Å². The molecule has 10 heteroatoms. The van der Waals surface area contributed by atoms with Gasteiger partial charge in [-0.3, -0.25) is 4.68 Å². The molecule has 9 nitrogen and oxygen atoms in total. The summed E-state index contributed by atoms with van der Waals surface area (Å²) in [6.07, 6.45) is 5.32. The molecule has 0 atom stereocenters. The molecule has 0 spiro atoms. The molecule has 0 N–H and O–H groups in total. The average molecular weight is 427 g/mol. The number of hydrogen-bond donors (Lipinski definition) is 0. The molecule has 154 valence electrons. The Morgan fingerprint density at radius 1 is 1.20 bits per heavy atom. The van der Waals surface area contributed by atoms with Gasteiger partial charge in [0.05, 0.1) is 31.7 Å². The fraction of sp³-hybridized carbons (Fsp3) is 0.250.